The highest BCUT2D eigenvalue weighted by Crippen LogP contribution is 2.21. The lowest BCUT2D eigenvalue weighted by Gasteiger charge is -2.23. The summed E-state index contributed by atoms with van der Waals surface area (Å²) < 4.78 is 6.64. The maximum absolute atomic E-state index is 12.3. The first-order chi connectivity index (χ1) is 11.0. The lowest BCUT2D eigenvalue weighted by Crippen LogP contribution is -2.49. The molecule has 1 aliphatic heterocycles. The minimum Gasteiger partial charge on any atom is -0.484 e. The average Bonchev–Trinajstić information content (AvgIpc) is 3.01. The highest BCUT2D eigenvalue weighted by atomic mass is 127. The van der Waals surface area contributed by atoms with E-state index in [2.05, 4.69) is 27.9 Å². The summed E-state index contributed by atoms with van der Waals surface area (Å²) in [5.41, 5.74) is 0. The van der Waals surface area contributed by atoms with E-state index in [1.807, 2.05) is 38.1 Å². The smallest absolute Gasteiger partial charge is 0.261 e. The molecule has 1 fully saturated rings. The first-order valence-corrected chi connectivity index (χ1v) is 9.74. The molecule has 1 aromatic rings. The van der Waals surface area contributed by atoms with E-state index in [1.165, 1.54) is 0 Å². The second-order valence-corrected chi connectivity index (χ2v) is 8.01. The number of halogens is 1. The van der Waals surface area contributed by atoms with E-state index < -0.39 is 6.04 Å². The van der Waals surface area contributed by atoms with Gasteiger partial charge in [0.2, 0.25) is 5.91 Å². The second kappa shape index (κ2) is 8.77. The summed E-state index contributed by atoms with van der Waals surface area (Å²) in [5, 5.41) is 2.90. The van der Waals surface area contributed by atoms with Crippen molar-refractivity contribution in [1.82, 2.24) is 10.2 Å². The number of rotatable bonds is 6. The van der Waals surface area contributed by atoms with Crippen LogP contribution in [0.1, 0.15) is 13.8 Å². The van der Waals surface area contributed by atoms with E-state index in [0.29, 0.717) is 29.8 Å². The number of nitrogens with zero attached hydrogens (tertiary/aromatic N) is 1. The number of amides is 2. The van der Waals surface area contributed by atoms with Gasteiger partial charge in [-0.05, 0) is 52.8 Å². The van der Waals surface area contributed by atoms with Crippen LogP contribution in [0.5, 0.6) is 5.75 Å². The van der Waals surface area contributed by atoms with Gasteiger partial charge in [0.15, 0.2) is 6.61 Å². The molecule has 1 unspecified atom stereocenters. The molecular weight excluding hydrogens is 427 g/mol. The number of carbonyl (C=O) groups excluding carboxylic acids is 2. The Morgan fingerprint density at radius 1 is 1.39 bits per heavy atom. The molecule has 0 bridgehead atoms. The van der Waals surface area contributed by atoms with Crippen LogP contribution in [-0.4, -0.2) is 47.5 Å². The quantitative estimate of drug-likeness (QED) is 0.679. The Balaban J connectivity index is 1.87. The minimum atomic E-state index is -0.397. The van der Waals surface area contributed by atoms with Gasteiger partial charge in [0.1, 0.15) is 11.8 Å². The average molecular weight is 448 g/mol. The van der Waals surface area contributed by atoms with Crippen LogP contribution in [0.25, 0.3) is 0 Å². The summed E-state index contributed by atoms with van der Waals surface area (Å²) in [6, 6.07) is 7.12. The van der Waals surface area contributed by atoms with Gasteiger partial charge in [-0.2, -0.15) is 0 Å². The van der Waals surface area contributed by atoms with Crippen molar-refractivity contribution in [3.63, 3.8) is 0 Å². The number of benzene rings is 1. The Hall–Kier alpha value is -0.960. The van der Waals surface area contributed by atoms with Crippen LogP contribution in [0.4, 0.5) is 0 Å². The highest BCUT2D eigenvalue weighted by molar-refractivity contribution is 14.1. The first-order valence-electron chi connectivity index (χ1n) is 7.50. The summed E-state index contributed by atoms with van der Waals surface area (Å²) in [5.74, 6) is 1.99. The molecule has 23 heavy (non-hydrogen) atoms. The molecule has 1 aliphatic rings. The summed E-state index contributed by atoms with van der Waals surface area (Å²) in [6.07, 6.45) is 0. The van der Waals surface area contributed by atoms with Crippen LogP contribution in [-0.2, 0) is 9.59 Å². The molecule has 0 radical (unpaired) electrons. The van der Waals surface area contributed by atoms with Crippen molar-refractivity contribution in [1.29, 1.82) is 0 Å². The lowest BCUT2D eigenvalue weighted by atomic mass is 10.2. The van der Waals surface area contributed by atoms with Crippen molar-refractivity contribution in [2.24, 2.45) is 5.92 Å². The summed E-state index contributed by atoms with van der Waals surface area (Å²) >= 11 is 3.81. The largest absolute Gasteiger partial charge is 0.484 e. The van der Waals surface area contributed by atoms with Gasteiger partial charge in [0, 0.05) is 15.9 Å². The highest BCUT2D eigenvalue weighted by Gasteiger charge is 2.34. The SMILES string of the molecule is CC(C)CNC(=O)C1CSCN1C(=O)COc1ccc(I)cc1. The van der Waals surface area contributed by atoms with Gasteiger partial charge in [-0.1, -0.05) is 13.8 Å². The van der Waals surface area contributed by atoms with E-state index >= 15 is 0 Å². The fourth-order valence-corrected chi connectivity index (χ4v) is 3.63. The number of nitrogens with one attached hydrogen (secondary N) is 1. The van der Waals surface area contributed by atoms with E-state index in [1.54, 1.807) is 16.7 Å². The van der Waals surface area contributed by atoms with E-state index in [-0.39, 0.29) is 18.4 Å². The lowest BCUT2D eigenvalue weighted by molar-refractivity contribution is -0.139. The predicted octanol–water partition coefficient (Wildman–Crippen LogP) is 2.34. The number of carbonyl (C=O) groups is 2. The third kappa shape index (κ3) is 5.56. The van der Waals surface area contributed by atoms with Crippen molar-refractivity contribution in [3.05, 3.63) is 27.8 Å². The van der Waals surface area contributed by atoms with E-state index in [9.17, 15) is 9.59 Å². The molecule has 0 saturated carbocycles. The topological polar surface area (TPSA) is 58.6 Å². The summed E-state index contributed by atoms with van der Waals surface area (Å²) in [7, 11) is 0. The molecule has 1 N–H and O–H groups in total. The molecule has 0 aliphatic carbocycles. The van der Waals surface area contributed by atoms with Crippen molar-refractivity contribution in [2.45, 2.75) is 19.9 Å². The number of ether oxygens (including phenoxy) is 1. The minimum absolute atomic E-state index is 0.0465. The monoisotopic (exact) mass is 448 g/mol. The van der Waals surface area contributed by atoms with Crippen LogP contribution in [0.3, 0.4) is 0 Å². The van der Waals surface area contributed by atoms with Gasteiger partial charge in [-0.15, -0.1) is 11.8 Å². The molecule has 126 valence electrons. The van der Waals surface area contributed by atoms with Crippen molar-refractivity contribution < 1.29 is 14.3 Å². The standard InChI is InChI=1S/C16H21IN2O3S/c1-11(2)7-18-16(21)14-9-23-10-19(14)15(20)8-22-13-5-3-12(17)4-6-13/h3-6,11,14H,7-10H2,1-2H3,(H,18,21). The molecule has 2 rings (SSSR count). The molecule has 7 heteroatoms. The van der Waals surface area contributed by atoms with E-state index in [0.717, 1.165) is 3.57 Å². The molecular formula is C16H21IN2O3S. The molecule has 2 amide bonds. The Bertz CT molecular complexity index is 551. The van der Waals surface area contributed by atoms with Gasteiger partial charge in [0.05, 0.1) is 5.88 Å². The van der Waals surface area contributed by atoms with Crippen LogP contribution in [0, 0.1) is 9.49 Å². The number of hydrogen-bond donors (Lipinski definition) is 1. The Labute approximate surface area is 154 Å². The third-order valence-electron chi connectivity index (χ3n) is 3.37. The normalized spacial score (nSPS) is 17.4. The zero-order valence-corrected chi connectivity index (χ0v) is 16.2. The van der Waals surface area contributed by atoms with Crippen LogP contribution < -0.4 is 10.1 Å². The summed E-state index contributed by atoms with van der Waals surface area (Å²) in [6.45, 7) is 4.67. The summed E-state index contributed by atoms with van der Waals surface area (Å²) in [4.78, 5) is 26.2. The maximum Gasteiger partial charge on any atom is 0.261 e. The van der Waals surface area contributed by atoms with Gasteiger partial charge in [-0.3, -0.25) is 9.59 Å². The Morgan fingerprint density at radius 3 is 2.74 bits per heavy atom. The zero-order chi connectivity index (χ0) is 16.8. The Kier molecular flexibility index (Phi) is 7.01. The molecule has 5 nitrogen and oxygen atoms in total. The zero-order valence-electron chi connectivity index (χ0n) is 13.3. The fourth-order valence-electron chi connectivity index (χ4n) is 2.09. The second-order valence-electron chi connectivity index (χ2n) is 5.76. The molecule has 0 aromatic heterocycles. The van der Waals surface area contributed by atoms with Crippen molar-refractivity contribution in [3.8, 4) is 5.75 Å². The van der Waals surface area contributed by atoms with Crippen LogP contribution in [0.15, 0.2) is 24.3 Å². The van der Waals surface area contributed by atoms with Crippen LogP contribution >= 0.6 is 34.4 Å². The number of hydrogen-bond acceptors (Lipinski definition) is 4. The Morgan fingerprint density at radius 2 is 2.09 bits per heavy atom. The van der Waals surface area contributed by atoms with Gasteiger partial charge in [-0.25, -0.2) is 0 Å². The van der Waals surface area contributed by atoms with Crippen molar-refractivity contribution in [2.75, 3.05) is 24.8 Å². The molecule has 1 saturated heterocycles. The van der Waals surface area contributed by atoms with Crippen LogP contribution in [0.2, 0.25) is 0 Å². The van der Waals surface area contributed by atoms with Gasteiger partial charge >= 0.3 is 0 Å². The molecule has 1 atom stereocenters. The molecule has 0 spiro atoms. The fraction of sp³-hybridized carbons (Fsp3) is 0.500. The molecule has 1 heterocycles. The van der Waals surface area contributed by atoms with Gasteiger partial charge < -0.3 is 15.0 Å². The predicted molar refractivity (Wildman–Crippen MR) is 100 cm³/mol. The maximum atomic E-state index is 12.3. The first kappa shape index (κ1) is 18.4. The third-order valence-corrected chi connectivity index (χ3v) is 5.10. The van der Waals surface area contributed by atoms with Crippen molar-refractivity contribution >= 4 is 46.2 Å². The van der Waals surface area contributed by atoms with E-state index in [4.69, 9.17) is 4.74 Å². The van der Waals surface area contributed by atoms with Gasteiger partial charge in [0.25, 0.3) is 5.91 Å². The number of thioether (sulfide) groups is 1. The molecule has 1 aromatic carbocycles.